The molecule has 20 heavy (non-hydrogen) atoms. The van der Waals surface area contributed by atoms with E-state index in [1.165, 1.54) is 0 Å². The largest absolute Gasteiger partial charge is 0.394 e. The van der Waals surface area contributed by atoms with Gasteiger partial charge in [-0.15, -0.1) is 0 Å². The lowest BCUT2D eigenvalue weighted by atomic mass is 10.0. The number of nitrogens with zero attached hydrogens (tertiary/aromatic N) is 1. The molecule has 0 aromatic heterocycles. The highest BCUT2D eigenvalue weighted by molar-refractivity contribution is 5.79. The minimum absolute atomic E-state index is 0.355. The third-order valence-corrected chi connectivity index (χ3v) is 2.47. The average molecular weight is 296 g/mol. The predicted octanol–water partition coefficient (Wildman–Crippen LogP) is -4.36. The maximum Gasteiger partial charge on any atom is 0.240 e. The molecule has 0 spiro atoms. The van der Waals surface area contributed by atoms with Gasteiger partial charge in [0.25, 0.3) is 0 Å². The van der Waals surface area contributed by atoms with Crippen molar-refractivity contribution in [3.8, 4) is 0 Å². The van der Waals surface area contributed by atoms with Crippen LogP contribution in [0.2, 0.25) is 0 Å². The standard InChI is InChI=1S/C10H20N2O8/c1-4(14)11-12(5(2)15)10(20)9(19)8(18)7(17)6(16)3-13/h6-10,13,16-20H,3H2,1-2H3,(H,11,14)/t6-,7+,8+,9+,10?/m1/s1. The first kappa shape index (κ1) is 18.7. The molecule has 10 heteroatoms. The number of hydrazine groups is 1. The molecule has 0 aromatic carbocycles. The number of hydrogen-bond acceptors (Lipinski definition) is 8. The second-order valence-corrected chi connectivity index (χ2v) is 4.19. The van der Waals surface area contributed by atoms with E-state index in [1.807, 2.05) is 5.43 Å². The second kappa shape index (κ2) is 8.09. The molecule has 10 nitrogen and oxygen atoms in total. The molecule has 0 saturated carbocycles. The van der Waals surface area contributed by atoms with Crippen LogP contribution in [0.4, 0.5) is 0 Å². The first-order chi connectivity index (χ1) is 9.13. The number of aliphatic hydroxyl groups excluding tert-OH is 6. The molecule has 0 bridgehead atoms. The molecule has 0 aliphatic heterocycles. The normalized spacial score (nSPS) is 18.6. The molecule has 0 aromatic rings. The Morgan fingerprint density at radius 3 is 1.85 bits per heavy atom. The van der Waals surface area contributed by atoms with Crippen LogP contribution in [-0.2, 0) is 9.59 Å². The predicted molar refractivity (Wildman–Crippen MR) is 63.5 cm³/mol. The number of amides is 2. The Hall–Kier alpha value is -1.30. The number of hydrogen-bond donors (Lipinski definition) is 7. The van der Waals surface area contributed by atoms with Crippen molar-refractivity contribution in [2.45, 2.75) is 44.5 Å². The zero-order chi connectivity index (χ0) is 16.0. The SMILES string of the molecule is CC(=O)NN(C(C)=O)C(O)[C@@H](O)[C@@H](O)[C@@H](O)[C@H](O)CO. The van der Waals surface area contributed by atoms with Crippen LogP contribution in [-0.4, -0.2) is 84.7 Å². The fourth-order valence-corrected chi connectivity index (χ4v) is 1.37. The average Bonchev–Trinajstić information content (AvgIpc) is 2.39. The van der Waals surface area contributed by atoms with Crippen molar-refractivity contribution >= 4 is 11.8 Å². The van der Waals surface area contributed by atoms with Gasteiger partial charge in [-0.25, -0.2) is 5.01 Å². The Labute approximate surface area is 114 Å². The first-order valence-corrected chi connectivity index (χ1v) is 5.71. The molecular formula is C10H20N2O8. The van der Waals surface area contributed by atoms with Gasteiger partial charge in [-0.05, 0) is 0 Å². The molecule has 0 radical (unpaired) electrons. The van der Waals surface area contributed by atoms with Crippen LogP contribution in [0.1, 0.15) is 13.8 Å². The summed E-state index contributed by atoms with van der Waals surface area (Å²) >= 11 is 0. The zero-order valence-corrected chi connectivity index (χ0v) is 11.0. The summed E-state index contributed by atoms with van der Waals surface area (Å²) in [6, 6.07) is 0. The van der Waals surface area contributed by atoms with E-state index >= 15 is 0 Å². The highest BCUT2D eigenvalue weighted by Crippen LogP contribution is 2.10. The van der Waals surface area contributed by atoms with Crippen molar-refractivity contribution in [2.75, 3.05) is 6.61 Å². The molecule has 0 aliphatic carbocycles. The second-order valence-electron chi connectivity index (χ2n) is 4.19. The van der Waals surface area contributed by atoms with E-state index in [-0.39, 0.29) is 0 Å². The minimum Gasteiger partial charge on any atom is -0.394 e. The van der Waals surface area contributed by atoms with Crippen molar-refractivity contribution in [2.24, 2.45) is 0 Å². The van der Waals surface area contributed by atoms with Gasteiger partial charge in [0.15, 0.2) is 6.23 Å². The summed E-state index contributed by atoms with van der Waals surface area (Å²) in [6.45, 7) is 1.15. The third-order valence-electron chi connectivity index (χ3n) is 2.47. The highest BCUT2D eigenvalue weighted by Gasteiger charge is 2.37. The number of aliphatic hydroxyl groups is 6. The van der Waals surface area contributed by atoms with Crippen molar-refractivity contribution in [1.29, 1.82) is 0 Å². The number of rotatable bonds is 6. The van der Waals surface area contributed by atoms with Crippen LogP contribution >= 0.6 is 0 Å². The van der Waals surface area contributed by atoms with Gasteiger partial charge < -0.3 is 30.6 Å². The van der Waals surface area contributed by atoms with Crippen LogP contribution in [0.3, 0.4) is 0 Å². The van der Waals surface area contributed by atoms with Crippen LogP contribution in [0.15, 0.2) is 0 Å². The molecule has 5 atom stereocenters. The van der Waals surface area contributed by atoms with E-state index in [2.05, 4.69) is 0 Å². The van der Waals surface area contributed by atoms with Gasteiger partial charge in [-0.1, -0.05) is 0 Å². The van der Waals surface area contributed by atoms with Crippen molar-refractivity contribution in [3.63, 3.8) is 0 Å². The fourth-order valence-electron chi connectivity index (χ4n) is 1.37. The summed E-state index contributed by atoms with van der Waals surface area (Å²) in [5.74, 6) is -1.55. The Morgan fingerprint density at radius 2 is 1.50 bits per heavy atom. The third kappa shape index (κ3) is 5.00. The first-order valence-electron chi connectivity index (χ1n) is 5.71. The summed E-state index contributed by atoms with van der Waals surface area (Å²) < 4.78 is 0. The quantitative estimate of drug-likeness (QED) is 0.190. The van der Waals surface area contributed by atoms with Crippen LogP contribution in [0, 0.1) is 0 Å². The summed E-state index contributed by atoms with van der Waals surface area (Å²) in [5, 5.41) is 56.3. The summed E-state index contributed by atoms with van der Waals surface area (Å²) in [4.78, 5) is 22.1. The van der Waals surface area contributed by atoms with Crippen molar-refractivity contribution < 1.29 is 40.2 Å². The lowest BCUT2D eigenvalue weighted by molar-refractivity contribution is -0.187. The molecule has 0 heterocycles. The van der Waals surface area contributed by atoms with Gasteiger partial charge in [0.05, 0.1) is 6.61 Å². The van der Waals surface area contributed by atoms with E-state index in [0.29, 0.717) is 5.01 Å². The molecule has 118 valence electrons. The van der Waals surface area contributed by atoms with Gasteiger partial charge in [0.2, 0.25) is 11.8 Å². The molecule has 2 amide bonds. The summed E-state index contributed by atoms with van der Waals surface area (Å²) in [5.41, 5.74) is 1.93. The summed E-state index contributed by atoms with van der Waals surface area (Å²) in [7, 11) is 0. The van der Waals surface area contributed by atoms with Gasteiger partial charge >= 0.3 is 0 Å². The highest BCUT2D eigenvalue weighted by atomic mass is 16.4. The Kier molecular flexibility index (Phi) is 7.57. The molecule has 0 saturated heterocycles. The molecule has 7 N–H and O–H groups in total. The van der Waals surface area contributed by atoms with Crippen LogP contribution in [0.5, 0.6) is 0 Å². The molecular weight excluding hydrogens is 276 g/mol. The van der Waals surface area contributed by atoms with E-state index < -0.39 is 49.1 Å². The lowest BCUT2D eigenvalue weighted by Gasteiger charge is -2.34. The zero-order valence-electron chi connectivity index (χ0n) is 11.0. The lowest BCUT2D eigenvalue weighted by Crippen LogP contribution is -2.60. The van der Waals surface area contributed by atoms with Crippen LogP contribution < -0.4 is 5.43 Å². The minimum atomic E-state index is -2.10. The molecule has 0 rings (SSSR count). The van der Waals surface area contributed by atoms with E-state index in [4.69, 9.17) is 10.2 Å². The van der Waals surface area contributed by atoms with E-state index in [0.717, 1.165) is 13.8 Å². The van der Waals surface area contributed by atoms with Crippen molar-refractivity contribution in [1.82, 2.24) is 10.4 Å². The number of nitrogens with one attached hydrogen (secondary N) is 1. The van der Waals surface area contributed by atoms with Gasteiger partial charge in [-0.2, -0.15) is 0 Å². The monoisotopic (exact) mass is 296 g/mol. The smallest absolute Gasteiger partial charge is 0.240 e. The fraction of sp³-hybridized carbons (Fsp3) is 0.800. The Morgan fingerprint density at radius 1 is 1.00 bits per heavy atom. The summed E-state index contributed by atoms with van der Waals surface area (Å²) in [6.07, 6.45) is -9.94. The Bertz CT molecular complexity index is 339. The molecule has 1 unspecified atom stereocenters. The van der Waals surface area contributed by atoms with E-state index in [9.17, 15) is 30.0 Å². The van der Waals surface area contributed by atoms with Gasteiger partial charge in [0.1, 0.15) is 24.4 Å². The molecule has 0 fully saturated rings. The molecule has 0 aliphatic rings. The van der Waals surface area contributed by atoms with Crippen molar-refractivity contribution in [3.05, 3.63) is 0 Å². The maximum absolute atomic E-state index is 11.2. The van der Waals surface area contributed by atoms with Gasteiger partial charge in [0, 0.05) is 13.8 Å². The topological polar surface area (TPSA) is 171 Å². The maximum atomic E-state index is 11.2. The van der Waals surface area contributed by atoms with Crippen LogP contribution in [0.25, 0.3) is 0 Å². The number of carbonyl (C=O) groups is 2. The number of carbonyl (C=O) groups excluding carboxylic acids is 2. The Balaban J connectivity index is 4.91. The van der Waals surface area contributed by atoms with Gasteiger partial charge in [-0.3, -0.25) is 15.0 Å². The van der Waals surface area contributed by atoms with E-state index in [1.54, 1.807) is 0 Å².